The molecule has 0 aliphatic heterocycles. The molecule has 2 aromatic carbocycles. The molecule has 1 unspecified atom stereocenters. The lowest BCUT2D eigenvalue weighted by molar-refractivity contribution is 0.157. The fraction of sp³-hybridized carbons (Fsp3) is 0.400. The zero-order valence-electron chi connectivity index (χ0n) is 14.9. The number of rotatable bonds is 8. The molecule has 0 fully saturated rings. The van der Waals surface area contributed by atoms with Crippen molar-refractivity contribution in [3.05, 3.63) is 59.7 Å². The van der Waals surface area contributed by atoms with Crippen molar-refractivity contribution in [2.45, 2.75) is 31.9 Å². The molecule has 0 spiro atoms. The zero-order chi connectivity index (χ0) is 17.6. The number of ether oxygens (including phenoxy) is 2. The first-order valence-electron chi connectivity index (χ1n) is 8.14. The van der Waals surface area contributed by atoms with E-state index in [1.807, 2.05) is 36.4 Å². The van der Waals surface area contributed by atoms with Gasteiger partial charge in [0, 0.05) is 17.6 Å². The summed E-state index contributed by atoms with van der Waals surface area (Å²) in [4.78, 5) is 0. The van der Waals surface area contributed by atoms with Crippen LogP contribution in [0.25, 0.3) is 0 Å². The monoisotopic (exact) mass is 329 g/mol. The average Bonchev–Trinajstić information content (AvgIpc) is 2.60. The van der Waals surface area contributed by atoms with Gasteiger partial charge in [-0.25, -0.2) is 0 Å². The van der Waals surface area contributed by atoms with Crippen LogP contribution in [0.15, 0.2) is 48.5 Å². The Labute approximate surface area is 144 Å². The number of nitrogens with one attached hydrogen (secondary N) is 1. The molecule has 2 N–H and O–H groups in total. The smallest absolute Gasteiger partial charge is 0.124 e. The number of methoxy groups -OCH3 is 2. The van der Waals surface area contributed by atoms with Crippen LogP contribution in [0.4, 0.5) is 0 Å². The number of aliphatic hydroxyl groups is 1. The molecule has 0 amide bonds. The summed E-state index contributed by atoms with van der Waals surface area (Å²) in [5.41, 5.74) is 1.88. The number of aliphatic hydroxyl groups excluding tert-OH is 1. The van der Waals surface area contributed by atoms with E-state index in [9.17, 15) is 5.11 Å². The molecule has 130 valence electrons. The van der Waals surface area contributed by atoms with E-state index in [1.54, 1.807) is 14.2 Å². The number of benzene rings is 2. The molecule has 4 heteroatoms. The van der Waals surface area contributed by atoms with Crippen molar-refractivity contribution in [1.82, 2.24) is 5.32 Å². The molecule has 0 saturated carbocycles. The Morgan fingerprint density at radius 3 is 2.29 bits per heavy atom. The van der Waals surface area contributed by atoms with Gasteiger partial charge in [0.2, 0.25) is 0 Å². The van der Waals surface area contributed by atoms with E-state index >= 15 is 0 Å². The second-order valence-electron chi connectivity index (χ2n) is 6.55. The highest BCUT2D eigenvalue weighted by Crippen LogP contribution is 2.25. The summed E-state index contributed by atoms with van der Waals surface area (Å²) in [6.07, 6.45) is 0.242. The summed E-state index contributed by atoms with van der Waals surface area (Å²) in [7, 11) is 3.28. The molecule has 2 aromatic rings. The van der Waals surface area contributed by atoms with E-state index < -0.39 is 6.10 Å². The van der Waals surface area contributed by atoms with Crippen molar-refractivity contribution in [2.24, 2.45) is 0 Å². The van der Waals surface area contributed by atoms with Gasteiger partial charge in [0.15, 0.2) is 0 Å². The molecule has 0 aromatic heterocycles. The Hall–Kier alpha value is -2.04. The van der Waals surface area contributed by atoms with Gasteiger partial charge in [0.05, 0.1) is 20.3 Å². The number of para-hydroxylation sites is 1. The van der Waals surface area contributed by atoms with Gasteiger partial charge in [-0.2, -0.15) is 0 Å². The summed E-state index contributed by atoms with van der Waals surface area (Å²) in [6.45, 7) is 4.72. The largest absolute Gasteiger partial charge is 0.497 e. The van der Waals surface area contributed by atoms with Crippen LogP contribution in [-0.2, 0) is 6.42 Å². The molecule has 0 aliphatic rings. The van der Waals surface area contributed by atoms with E-state index in [1.165, 1.54) is 5.56 Å². The molecule has 24 heavy (non-hydrogen) atoms. The summed E-state index contributed by atoms with van der Waals surface area (Å²) >= 11 is 0. The highest BCUT2D eigenvalue weighted by atomic mass is 16.5. The minimum Gasteiger partial charge on any atom is -0.497 e. The van der Waals surface area contributed by atoms with E-state index in [4.69, 9.17) is 9.47 Å². The van der Waals surface area contributed by atoms with Crippen LogP contribution in [0.1, 0.15) is 31.1 Å². The van der Waals surface area contributed by atoms with Gasteiger partial charge in [0.25, 0.3) is 0 Å². The quantitative estimate of drug-likeness (QED) is 0.780. The molecule has 0 saturated heterocycles. The van der Waals surface area contributed by atoms with Crippen LogP contribution in [0.5, 0.6) is 11.5 Å². The molecule has 4 nitrogen and oxygen atoms in total. The Balaban J connectivity index is 1.95. The Morgan fingerprint density at radius 1 is 1.00 bits per heavy atom. The SMILES string of the molecule is COc1ccc(CC(C)(C)NCC(O)c2ccccc2OC)cc1. The molecular formula is C20H27NO3. The van der Waals surface area contributed by atoms with Crippen LogP contribution < -0.4 is 14.8 Å². The highest BCUT2D eigenvalue weighted by Gasteiger charge is 2.21. The minimum absolute atomic E-state index is 0.141. The van der Waals surface area contributed by atoms with E-state index in [0.29, 0.717) is 12.3 Å². The van der Waals surface area contributed by atoms with Gasteiger partial charge in [-0.05, 0) is 44.0 Å². The maximum Gasteiger partial charge on any atom is 0.124 e. The van der Waals surface area contributed by atoms with Gasteiger partial charge in [-0.1, -0.05) is 30.3 Å². The van der Waals surface area contributed by atoms with E-state index in [0.717, 1.165) is 17.7 Å². The highest BCUT2D eigenvalue weighted by molar-refractivity contribution is 5.35. The van der Waals surface area contributed by atoms with Crippen LogP contribution in [0.3, 0.4) is 0 Å². The average molecular weight is 329 g/mol. The third kappa shape index (κ3) is 4.98. The fourth-order valence-corrected chi connectivity index (χ4v) is 2.74. The standard InChI is InChI=1S/C20H27NO3/c1-20(2,13-15-9-11-16(23-3)12-10-15)21-14-18(22)17-7-5-6-8-19(17)24-4/h5-12,18,21-22H,13-14H2,1-4H3. The van der Waals surface area contributed by atoms with Crippen molar-refractivity contribution < 1.29 is 14.6 Å². The first-order chi connectivity index (χ1) is 11.4. The van der Waals surface area contributed by atoms with Gasteiger partial charge < -0.3 is 19.9 Å². The van der Waals surface area contributed by atoms with Crippen LogP contribution in [0, 0.1) is 0 Å². The second kappa shape index (κ2) is 8.18. The molecular weight excluding hydrogens is 302 g/mol. The van der Waals surface area contributed by atoms with Crippen molar-refractivity contribution >= 4 is 0 Å². The summed E-state index contributed by atoms with van der Waals surface area (Å²) in [5, 5.41) is 13.9. The molecule has 0 radical (unpaired) electrons. The lowest BCUT2D eigenvalue weighted by Gasteiger charge is -2.28. The minimum atomic E-state index is -0.615. The molecule has 2 rings (SSSR count). The summed E-state index contributed by atoms with van der Waals surface area (Å²) in [6, 6.07) is 15.6. The third-order valence-electron chi connectivity index (χ3n) is 4.08. The number of hydrogen-bond donors (Lipinski definition) is 2. The number of β-amino-alcohol motifs (C(OH)–C–C–N with tert-alkyl or cyclic N) is 1. The Bertz CT molecular complexity index is 638. The topological polar surface area (TPSA) is 50.7 Å². The maximum atomic E-state index is 10.5. The molecule has 1 atom stereocenters. The van der Waals surface area contributed by atoms with Crippen molar-refractivity contribution in [1.29, 1.82) is 0 Å². The molecule has 0 bridgehead atoms. The van der Waals surface area contributed by atoms with Gasteiger partial charge in [-0.3, -0.25) is 0 Å². The van der Waals surface area contributed by atoms with Crippen molar-refractivity contribution in [3.8, 4) is 11.5 Å². The lowest BCUT2D eigenvalue weighted by Crippen LogP contribution is -2.43. The predicted octanol–water partition coefficient (Wildman–Crippen LogP) is 3.35. The van der Waals surface area contributed by atoms with E-state index in [-0.39, 0.29) is 5.54 Å². The zero-order valence-corrected chi connectivity index (χ0v) is 14.9. The van der Waals surface area contributed by atoms with Crippen molar-refractivity contribution in [2.75, 3.05) is 20.8 Å². The molecule has 0 heterocycles. The number of hydrogen-bond acceptors (Lipinski definition) is 4. The lowest BCUT2D eigenvalue weighted by atomic mass is 9.94. The Morgan fingerprint density at radius 2 is 1.67 bits per heavy atom. The van der Waals surface area contributed by atoms with Crippen LogP contribution >= 0.6 is 0 Å². The third-order valence-corrected chi connectivity index (χ3v) is 4.08. The van der Waals surface area contributed by atoms with Crippen LogP contribution in [0.2, 0.25) is 0 Å². The Kier molecular flexibility index (Phi) is 6.23. The fourth-order valence-electron chi connectivity index (χ4n) is 2.74. The first kappa shape index (κ1) is 18.3. The van der Waals surface area contributed by atoms with Crippen molar-refractivity contribution in [3.63, 3.8) is 0 Å². The predicted molar refractivity (Wildman–Crippen MR) is 96.7 cm³/mol. The summed E-state index contributed by atoms with van der Waals surface area (Å²) in [5.74, 6) is 1.57. The van der Waals surface area contributed by atoms with E-state index in [2.05, 4.69) is 31.3 Å². The second-order valence-corrected chi connectivity index (χ2v) is 6.55. The van der Waals surface area contributed by atoms with Gasteiger partial charge >= 0.3 is 0 Å². The maximum absolute atomic E-state index is 10.5. The summed E-state index contributed by atoms with van der Waals surface area (Å²) < 4.78 is 10.5. The van der Waals surface area contributed by atoms with Crippen LogP contribution in [-0.4, -0.2) is 31.4 Å². The normalized spacial score (nSPS) is 12.7. The van der Waals surface area contributed by atoms with Gasteiger partial charge in [-0.15, -0.1) is 0 Å². The first-order valence-corrected chi connectivity index (χ1v) is 8.14. The molecule has 0 aliphatic carbocycles. The van der Waals surface area contributed by atoms with Gasteiger partial charge in [0.1, 0.15) is 11.5 Å².